The Morgan fingerprint density at radius 1 is 1.17 bits per heavy atom. The molecule has 0 unspecified atom stereocenters. The zero-order valence-corrected chi connectivity index (χ0v) is 23.5. The lowest BCUT2D eigenvalue weighted by Crippen LogP contribution is -2.48. The fourth-order valence-corrected chi connectivity index (χ4v) is 6.09. The van der Waals surface area contributed by atoms with E-state index in [2.05, 4.69) is 37.6 Å². The summed E-state index contributed by atoms with van der Waals surface area (Å²) in [5.74, 6) is 0.172. The van der Waals surface area contributed by atoms with Gasteiger partial charge in [0.2, 0.25) is 0 Å². The number of likely N-dealkylation sites (tertiary alicyclic amines) is 1. The lowest BCUT2D eigenvalue weighted by molar-refractivity contribution is -0.137. The molecule has 36 heavy (non-hydrogen) atoms. The number of anilines is 1. The van der Waals surface area contributed by atoms with Gasteiger partial charge in [-0.3, -0.25) is 9.80 Å². The first-order chi connectivity index (χ1) is 16.7. The summed E-state index contributed by atoms with van der Waals surface area (Å²) in [6.07, 6.45) is 8.80. The molecule has 7 nitrogen and oxygen atoms in total. The average molecular weight is 500 g/mol. The largest absolute Gasteiger partial charge is 0.463 e. The van der Waals surface area contributed by atoms with E-state index >= 15 is 0 Å². The van der Waals surface area contributed by atoms with Crippen LogP contribution in [0.25, 0.3) is 6.08 Å². The van der Waals surface area contributed by atoms with Crippen LogP contribution < -0.4 is 4.90 Å². The molecule has 1 aliphatic carbocycles. The highest BCUT2D eigenvalue weighted by Gasteiger charge is 2.44. The van der Waals surface area contributed by atoms with Crippen molar-refractivity contribution in [3.8, 4) is 0 Å². The minimum atomic E-state index is -0.604. The topological polar surface area (TPSA) is 72.0 Å². The van der Waals surface area contributed by atoms with Crippen molar-refractivity contribution in [1.29, 1.82) is 0 Å². The molecule has 3 rings (SSSR count). The SMILES string of the molecule is CCOC(=O)/C=C/c1ccc(N(C(=O)OC(C)(C)C)[C@@H]2CCN(C3CC(C)(C)CC(C)(C)C3)C2)nc1. The third-order valence-corrected chi connectivity index (χ3v) is 6.92. The van der Waals surface area contributed by atoms with E-state index in [1.165, 1.54) is 25.3 Å². The van der Waals surface area contributed by atoms with Crippen LogP contribution >= 0.6 is 0 Å². The molecule has 0 spiro atoms. The number of hydrogen-bond acceptors (Lipinski definition) is 6. The van der Waals surface area contributed by atoms with Gasteiger partial charge in [-0.15, -0.1) is 0 Å². The summed E-state index contributed by atoms with van der Waals surface area (Å²) < 4.78 is 10.7. The molecule has 1 saturated heterocycles. The van der Waals surface area contributed by atoms with Gasteiger partial charge in [-0.2, -0.15) is 0 Å². The zero-order chi connectivity index (χ0) is 26.7. The first kappa shape index (κ1) is 28.2. The van der Waals surface area contributed by atoms with Crippen molar-refractivity contribution < 1.29 is 19.1 Å². The third-order valence-electron chi connectivity index (χ3n) is 6.92. The highest BCUT2D eigenvalue weighted by Crippen LogP contribution is 2.47. The van der Waals surface area contributed by atoms with Gasteiger partial charge < -0.3 is 9.47 Å². The van der Waals surface area contributed by atoms with Gasteiger partial charge >= 0.3 is 12.1 Å². The molecule has 2 heterocycles. The van der Waals surface area contributed by atoms with Gasteiger partial charge in [-0.25, -0.2) is 14.6 Å². The maximum atomic E-state index is 13.4. The van der Waals surface area contributed by atoms with Crippen molar-refractivity contribution in [1.82, 2.24) is 9.88 Å². The van der Waals surface area contributed by atoms with E-state index in [0.717, 1.165) is 25.1 Å². The number of ether oxygens (including phenoxy) is 2. The number of rotatable bonds is 6. The number of pyridine rings is 1. The van der Waals surface area contributed by atoms with E-state index in [-0.39, 0.29) is 12.1 Å². The maximum absolute atomic E-state index is 13.4. The molecule has 1 aromatic heterocycles. The van der Waals surface area contributed by atoms with Gasteiger partial charge in [0.15, 0.2) is 0 Å². The molecular weight excluding hydrogens is 454 g/mol. The van der Waals surface area contributed by atoms with E-state index in [9.17, 15) is 9.59 Å². The van der Waals surface area contributed by atoms with Gasteiger partial charge in [0.25, 0.3) is 0 Å². The van der Waals surface area contributed by atoms with Crippen LogP contribution in [0.15, 0.2) is 24.4 Å². The molecule has 0 N–H and O–H groups in total. The van der Waals surface area contributed by atoms with Crippen molar-refractivity contribution in [2.24, 2.45) is 10.8 Å². The second-order valence-corrected chi connectivity index (χ2v) is 12.9. The fraction of sp³-hybridized carbons (Fsp3) is 0.690. The molecule has 1 aromatic rings. The number of carbonyl (C=O) groups excluding carboxylic acids is 2. The van der Waals surface area contributed by atoms with Gasteiger partial charge in [-0.05, 0) is 88.0 Å². The first-order valence-electron chi connectivity index (χ1n) is 13.3. The summed E-state index contributed by atoms with van der Waals surface area (Å²) in [5.41, 5.74) is 0.775. The van der Waals surface area contributed by atoms with Crippen LogP contribution in [-0.4, -0.2) is 59.3 Å². The Morgan fingerprint density at radius 2 is 1.83 bits per heavy atom. The van der Waals surface area contributed by atoms with Gasteiger partial charge in [0.05, 0.1) is 12.6 Å². The van der Waals surface area contributed by atoms with E-state index in [1.54, 1.807) is 24.1 Å². The summed E-state index contributed by atoms with van der Waals surface area (Å²) in [6, 6.07) is 4.18. The van der Waals surface area contributed by atoms with Gasteiger partial charge in [0.1, 0.15) is 11.4 Å². The molecule has 0 radical (unpaired) electrons. The lowest BCUT2D eigenvalue weighted by Gasteiger charge is -2.48. The molecule has 1 saturated carbocycles. The van der Waals surface area contributed by atoms with Crippen LogP contribution in [0.3, 0.4) is 0 Å². The Balaban J connectivity index is 1.80. The zero-order valence-electron chi connectivity index (χ0n) is 23.5. The number of esters is 1. The number of hydrogen-bond donors (Lipinski definition) is 0. The van der Waals surface area contributed by atoms with Crippen LogP contribution in [0.4, 0.5) is 10.6 Å². The molecule has 200 valence electrons. The molecular formula is C29H45N3O4. The van der Waals surface area contributed by atoms with Gasteiger partial charge in [0, 0.05) is 31.4 Å². The Kier molecular flexibility index (Phi) is 8.54. The predicted molar refractivity (Wildman–Crippen MR) is 144 cm³/mol. The quantitative estimate of drug-likeness (QED) is 0.349. The lowest BCUT2D eigenvalue weighted by atomic mass is 9.63. The molecule has 1 aliphatic heterocycles. The molecule has 7 heteroatoms. The summed E-state index contributed by atoms with van der Waals surface area (Å²) in [4.78, 5) is 33.9. The first-order valence-corrected chi connectivity index (χ1v) is 13.3. The number of nitrogens with zero attached hydrogens (tertiary/aromatic N) is 3. The van der Waals surface area contributed by atoms with E-state index in [4.69, 9.17) is 9.47 Å². The van der Waals surface area contributed by atoms with Crippen molar-refractivity contribution >= 4 is 24.0 Å². The predicted octanol–water partition coefficient (Wildman–Crippen LogP) is 6.08. The minimum Gasteiger partial charge on any atom is -0.463 e. The summed E-state index contributed by atoms with van der Waals surface area (Å²) in [7, 11) is 0. The monoisotopic (exact) mass is 499 g/mol. The van der Waals surface area contributed by atoms with E-state index < -0.39 is 11.6 Å². The Labute approximate surface area is 217 Å². The smallest absolute Gasteiger partial charge is 0.416 e. The van der Waals surface area contributed by atoms with Crippen molar-refractivity contribution in [3.05, 3.63) is 30.0 Å². The van der Waals surface area contributed by atoms with Crippen LogP contribution in [0.5, 0.6) is 0 Å². The molecule has 2 fully saturated rings. The van der Waals surface area contributed by atoms with Crippen LogP contribution in [0.2, 0.25) is 0 Å². The van der Waals surface area contributed by atoms with Gasteiger partial charge in [-0.1, -0.05) is 27.7 Å². The second kappa shape index (κ2) is 10.9. The molecule has 0 aromatic carbocycles. The van der Waals surface area contributed by atoms with E-state index in [0.29, 0.717) is 29.3 Å². The Hall–Kier alpha value is -2.41. The van der Waals surface area contributed by atoms with Crippen LogP contribution in [-0.2, 0) is 14.3 Å². The van der Waals surface area contributed by atoms with Crippen molar-refractivity contribution in [2.45, 2.75) is 98.8 Å². The molecule has 2 aliphatic rings. The standard InChI is InChI=1S/C29H45N3O4/c1-9-35-25(33)13-11-21-10-12-24(30-18-21)32(26(34)36-27(2,3)4)22-14-15-31(19-22)23-16-28(5,6)20-29(7,8)17-23/h10-13,18,22-23H,9,14-17,19-20H2,1-8H3/b13-11+/t22-/m1/s1. The Bertz CT molecular complexity index is 930. The fourth-order valence-electron chi connectivity index (χ4n) is 6.09. The van der Waals surface area contributed by atoms with Crippen molar-refractivity contribution in [3.63, 3.8) is 0 Å². The second-order valence-electron chi connectivity index (χ2n) is 12.9. The number of amides is 1. The minimum absolute atomic E-state index is 0.0126. The van der Waals surface area contributed by atoms with Crippen molar-refractivity contribution in [2.75, 3.05) is 24.6 Å². The third kappa shape index (κ3) is 7.79. The van der Waals surface area contributed by atoms with E-state index in [1.807, 2.05) is 32.9 Å². The maximum Gasteiger partial charge on any atom is 0.416 e. The molecule has 0 bridgehead atoms. The average Bonchev–Trinajstić information content (AvgIpc) is 3.20. The normalized spacial score (nSPS) is 22.5. The summed E-state index contributed by atoms with van der Waals surface area (Å²) in [6.45, 7) is 19.0. The highest BCUT2D eigenvalue weighted by molar-refractivity contribution is 5.88. The van der Waals surface area contributed by atoms with Crippen LogP contribution in [0, 0.1) is 10.8 Å². The highest BCUT2D eigenvalue weighted by atomic mass is 16.6. The Morgan fingerprint density at radius 3 is 2.39 bits per heavy atom. The molecule has 1 atom stereocenters. The summed E-state index contributed by atoms with van der Waals surface area (Å²) >= 11 is 0. The summed E-state index contributed by atoms with van der Waals surface area (Å²) in [5, 5.41) is 0. The van der Waals surface area contributed by atoms with Crippen LogP contribution in [0.1, 0.15) is 86.6 Å². The number of carbonyl (C=O) groups is 2. The number of aromatic nitrogens is 1. The molecule has 1 amide bonds.